The van der Waals surface area contributed by atoms with E-state index in [1.54, 1.807) is 42.5 Å². The van der Waals surface area contributed by atoms with Crippen molar-refractivity contribution >= 4 is 17.8 Å². The monoisotopic (exact) mass is 352 g/mol. The second-order valence-corrected chi connectivity index (χ2v) is 8.65. The van der Waals surface area contributed by atoms with Crippen molar-refractivity contribution in [1.82, 2.24) is 0 Å². The van der Waals surface area contributed by atoms with Crippen LogP contribution in [0.15, 0.2) is 78.9 Å². The third-order valence-corrected chi connectivity index (χ3v) is 7.44. The molecule has 1 heterocycles. The minimum Gasteiger partial charge on any atom is -0.454 e. The van der Waals surface area contributed by atoms with Crippen molar-refractivity contribution in [2.24, 2.45) is 0 Å². The molecule has 0 saturated heterocycles. The number of rotatable bonds is 4. The maximum Gasteiger partial charge on any atom is 0.231 e. The molecule has 25 heavy (non-hydrogen) atoms. The highest BCUT2D eigenvalue weighted by atomic mass is 31.2. The molecule has 126 valence electrons. The first-order valence-corrected chi connectivity index (χ1v) is 9.76. The molecule has 0 spiro atoms. The molecule has 1 atom stereocenters. The lowest BCUT2D eigenvalue weighted by Crippen LogP contribution is -2.21. The van der Waals surface area contributed by atoms with Crippen molar-refractivity contribution in [2.75, 3.05) is 6.79 Å². The average Bonchev–Trinajstić information content (AvgIpc) is 3.16. The molecule has 3 aromatic rings. The Morgan fingerprint density at radius 2 is 1.36 bits per heavy atom. The molecule has 0 unspecified atom stereocenters. The highest BCUT2D eigenvalue weighted by Crippen LogP contribution is 2.56. The maximum atomic E-state index is 14.1. The van der Waals surface area contributed by atoms with Crippen molar-refractivity contribution in [2.45, 2.75) is 5.85 Å². The van der Waals surface area contributed by atoms with Crippen molar-refractivity contribution in [3.63, 3.8) is 0 Å². The number of aliphatic hydroxyl groups is 1. The van der Waals surface area contributed by atoms with E-state index >= 15 is 0 Å². The Balaban J connectivity index is 1.85. The van der Waals surface area contributed by atoms with E-state index in [-0.39, 0.29) is 6.79 Å². The van der Waals surface area contributed by atoms with Gasteiger partial charge in [-0.15, -0.1) is 0 Å². The highest BCUT2D eigenvalue weighted by molar-refractivity contribution is 7.78. The molecule has 0 bridgehead atoms. The van der Waals surface area contributed by atoms with Crippen LogP contribution in [0, 0.1) is 0 Å². The number of ether oxygens (including phenoxy) is 2. The van der Waals surface area contributed by atoms with Crippen LogP contribution in [-0.4, -0.2) is 11.9 Å². The number of fused-ring (bicyclic) bond motifs is 1. The van der Waals surface area contributed by atoms with E-state index in [2.05, 4.69) is 0 Å². The second-order valence-electron chi connectivity index (χ2n) is 5.82. The minimum absolute atomic E-state index is 0.157. The summed E-state index contributed by atoms with van der Waals surface area (Å²) in [5, 5.41) is 12.4. The summed E-state index contributed by atoms with van der Waals surface area (Å²) in [5.41, 5.74) is 0.542. The van der Waals surface area contributed by atoms with Crippen LogP contribution in [0.5, 0.6) is 11.5 Å². The summed E-state index contributed by atoms with van der Waals surface area (Å²) in [6.07, 6.45) is 0. The normalized spacial score (nSPS) is 14.3. The van der Waals surface area contributed by atoms with Crippen molar-refractivity contribution in [3.8, 4) is 11.5 Å². The summed E-state index contributed by atoms with van der Waals surface area (Å²) in [4.78, 5) is 0. The van der Waals surface area contributed by atoms with E-state index in [1.165, 1.54) is 0 Å². The van der Waals surface area contributed by atoms with Gasteiger partial charge in [-0.2, -0.15) is 0 Å². The number of benzene rings is 3. The van der Waals surface area contributed by atoms with E-state index in [4.69, 9.17) is 9.47 Å². The van der Waals surface area contributed by atoms with Gasteiger partial charge >= 0.3 is 0 Å². The topological polar surface area (TPSA) is 55.8 Å². The molecule has 1 N–H and O–H groups in total. The van der Waals surface area contributed by atoms with Gasteiger partial charge < -0.3 is 19.1 Å². The van der Waals surface area contributed by atoms with E-state index < -0.39 is 13.0 Å². The minimum atomic E-state index is -3.30. The molecule has 4 rings (SSSR count). The Hall–Kier alpha value is -2.55. The number of aliphatic hydroxyl groups excluding tert-OH is 1. The van der Waals surface area contributed by atoms with Gasteiger partial charge in [-0.05, 0) is 17.7 Å². The summed E-state index contributed by atoms with van der Waals surface area (Å²) < 4.78 is 24.8. The third-order valence-electron chi connectivity index (χ3n) is 4.32. The Bertz CT molecular complexity index is 881. The van der Waals surface area contributed by atoms with Gasteiger partial charge in [0.25, 0.3) is 0 Å². The van der Waals surface area contributed by atoms with E-state index in [1.807, 2.05) is 36.4 Å². The summed E-state index contributed by atoms with van der Waals surface area (Å²) in [7, 11) is -3.30. The smallest absolute Gasteiger partial charge is 0.231 e. The molecule has 0 fully saturated rings. The molecule has 0 aliphatic carbocycles. The molecule has 1 aliphatic heterocycles. The van der Waals surface area contributed by atoms with Gasteiger partial charge in [0, 0.05) is 10.6 Å². The van der Waals surface area contributed by atoms with Crippen LogP contribution in [0.2, 0.25) is 0 Å². The number of hydrogen-bond donors (Lipinski definition) is 1. The van der Waals surface area contributed by atoms with Crippen LogP contribution in [0.1, 0.15) is 11.4 Å². The predicted octanol–water partition coefficient (Wildman–Crippen LogP) is 3.42. The molecule has 0 saturated carbocycles. The highest BCUT2D eigenvalue weighted by Gasteiger charge is 2.37. The quantitative estimate of drug-likeness (QED) is 0.731. The number of hydrogen-bond acceptors (Lipinski definition) is 4. The van der Waals surface area contributed by atoms with Crippen LogP contribution in [0.25, 0.3) is 0 Å². The van der Waals surface area contributed by atoms with Gasteiger partial charge in [0.2, 0.25) is 6.79 Å². The molecule has 0 aromatic heterocycles. The van der Waals surface area contributed by atoms with Gasteiger partial charge in [-0.3, -0.25) is 0 Å². The van der Waals surface area contributed by atoms with Gasteiger partial charge in [-0.25, -0.2) is 0 Å². The maximum absolute atomic E-state index is 14.1. The lowest BCUT2D eigenvalue weighted by molar-refractivity contribution is 0.173. The van der Waals surface area contributed by atoms with E-state index in [0.29, 0.717) is 27.7 Å². The SMILES string of the molecule is O=P(c1ccccc1)(c1ccccc1)[C@@H](O)c1ccc2c(c1)OCO2. The van der Waals surface area contributed by atoms with Gasteiger partial charge in [-0.1, -0.05) is 66.7 Å². The van der Waals surface area contributed by atoms with Gasteiger partial charge in [0.05, 0.1) is 0 Å². The van der Waals surface area contributed by atoms with Crippen LogP contribution in [0.3, 0.4) is 0 Å². The van der Waals surface area contributed by atoms with Crippen LogP contribution in [0.4, 0.5) is 0 Å². The fourth-order valence-corrected chi connectivity index (χ4v) is 5.69. The Labute approximate surface area is 146 Å². The zero-order chi connectivity index (χ0) is 17.3. The zero-order valence-corrected chi connectivity index (χ0v) is 14.3. The summed E-state index contributed by atoms with van der Waals surface area (Å²) in [6, 6.07) is 23.4. The van der Waals surface area contributed by atoms with E-state index in [9.17, 15) is 9.67 Å². The van der Waals surface area contributed by atoms with Crippen molar-refractivity contribution in [3.05, 3.63) is 84.4 Å². The average molecular weight is 352 g/mol. The first kappa shape index (κ1) is 15.9. The first-order chi connectivity index (χ1) is 12.2. The fourth-order valence-electron chi connectivity index (χ4n) is 3.01. The Morgan fingerprint density at radius 3 is 1.96 bits per heavy atom. The fraction of sp³-hybridized carbons (Fsp3) is 0.100. The van der Waals surface area contributed by atoms with Crippen LogP contribution >= 0.6 is 7.14 Å². The third kappa shape index (κ3) is 2.74. The molecule has 1 aliphatic rings. The van der Waals surface area contributed by atoms with Gasteiger partial charge in [0.1, 0.15) is 5.85 Å². The standard InChI is InChI=1S/C20H17O4P/c21-20(15-11-12-18-19(13-15)24-14-23-18)25(22,16-7-3-1-4-8-16)17-9-5-2-6-10-17/h1-13,20-21H,14H2/t20-/m1/s1. The molecular weight excluding hydrogens is 335 g/mol. The molecule has 4 nitrogen and oxygen atoms in total. The lowest BCUT2D eigenvalue weighted by atomic mass is 10.2. The van der Waals surface area contributed by atoms with Crippen molar-refractivity contribution < 1.29 is 19.1 Å². The largest absolute Gasteiger partial charge is 0.454 e. The Kier molecular flexibility index (Phi) is 4.08. The van der Waals surface area contributed by atoms with E-state index in [0.717, 1.165) is 0 Å². The van der Waals surface area contributed by atoms with Crippen LogP contribution < -0.4 is 20.1 Å². The van der Waals surface area contributed by atoms with Gasteiger partial charge in [0.15, 0.2) is 18.6 Å². The van der Waals surface area contributed by atoms with Crippen LogP contribution in [-0.2, 0) is 4.57 Å². The molecule has 5 heteroatoms. The molecule has 0 radical (unpaired) electrons. The van der Waals surface area contributed by atoms with Crippen molar-refractivity contribution in [1.29, 1.82) is 0 Å². The predicted molar refractivity (Wildman–Crippen MR) is 97.3 cm³/mol. The Morgan fingerprint density at radius 1 is 0.800 bits per heavy atom. The summed E-state index contributed by atoms with van der Waals surface area (Å²) in [6.45, 7) is 0.157. The lowest BCUT2D eigenvalue weighted by Gasteiger charge is -2.25. The first-order valence-electron chi connectivity index (χ1n) is 7.98. The zero-order valence-electron chi connectivity index (χ0n) is 13.4. The summed E-state index contributed by atoms with van der Waals surface area (Å²) in [5.74, 6) is 0.0150. The molecule has 3 aromatic carbocycles. The summed E-state index contributed by atoms with van der Waals surface area (Å²) >= 11 is 0. The molecular formula is C20H17O4P. The second kappa shape index (κ2) is 6.40. The molecule has 0 amide bonds.